The molecule has 1 nitrogen and oxygen atoms in total. The Bertz CT molecular complexity index is 149. The summed E-state index contributed by atoms with van der Waals surface area (Å²) in [6.07, 6.45) is 16.4. The summed E-state index contributed by atoms with van der Waals surface area (Å²) in [5.41, 5.74) is 5.50. The van der Waals surface area contributed by atoms with Gasteiger partial charge >= 0.3 is 0 Å². The van der Waals surface area contributed by atoms with Crippen molar-refractivity contribution in [1.82, 2.24) is 0 Å². The number of fused-ring (bicyclic) bond motifs is 3. The zero-order valence-corrected chi connectivity index (χ0v) is 10.8. The molecule has 0 saturated heterocycles. The third kappa shape index (κ3) is 3.76. The van der Waals surface area contributed by atoms with Crippen LogP contribution < -0.4 is 5.73 Å². The van der Waals surface area contributed by atoms with Gasteiger partial charge in [-0.1, -0.05) is 57.8 Å². The van der Waals surface area contributed by atoms with Crippen molar-refractivity contribution in [3.63, 3.8) is 0 Å². The lowest BCUT2D eigenvalue weighted by Gasteiger charge is -2.35. The van der Waals surface area contributed by atoms with E-state index in [0.717, 1.165) is 24.3 Å². The van der Waals surface area contributed by atoms with Crippen LogP contribution in [0.4, 0.5) is 0 Å². The Labute approximate surface area is 101 Å². The summed E-state index contributed by atoms with van der Waals surface area (Å²) in [6, 6.07) is 0. The van der Waals surface area contributed by atoms with Gasteiger partial charge in [0.25, 0.3) is 0 Å². The van der Waals surface area contributed by atoms with Crippen LogP contribution in [0.2, 0.25) is 0 Å². The molecule has 4 aliphatic rings. The fraction of sp³-hybridized carbons (Fsp3) is 1.00. The molecule has 0 aromatic rings. The van der Waals surface area contributed by atoms with Crippen LogP contribution in [0.1, 0.15) is 70.6 Å². The molecule has 0 spiro atoms. The van der Waals surface area contributed by atoms with Gasteiger partial charge in [0.15, 0.2) is 0 Å². The standard InChI is InChI=1S/C8H14.C7H15N/c1-2-8-5-3-7(1)4-6-8;8-6-7-4-2-1-3-5-7/h7-8H,1-6H2;7H,1-6,8H2. The first kappa shape index (κ1) is 12.4. The molecule has 0 atom stereocenters. The Morgan fingerprint density at radius 3 is 1.31 bits per heavy atom. The lowest BCUT2D eigenvalue weighted by Crippen LogP contribution is -2.21. The molecule has 0 amide bonds. The lowest BCUT2D eigenvalue weighted by atomic mass is 9.71. The van der Waals surface area contributed by atoms with Crippen LogP contribution in [0.3, 0.4) is 0 Å². The van der Waals surface area contributed by atoms with Gasteiger partial charge in [-0.2, -0.15) is 0 Å². The topological polar surface area (TPSA) is 26.0 Å². The minimum Gasteiger partial charge on any atom is -0.330 e. The van der Waals surface area contributed by atoms with Crippen LogP contribution in [0.5, 0.6) is 0 Å². The highest BCUT2D eigenvalue weighted by Gasteiger charge is 2.26. The monoisotopic (exact) mass is 223 g/mol. The first-order valence-corrected chi connectivity index (χ1v) is 7.58. The maximum atomic E-state index is 5.50. The van der Waals surface area contributed by atoms with Gasteiger partial charge in [0.05, 0.1) is 0 Å². The maximum Gasteiger partial charge on any atom is -0.00489 e. The zero-order valence-electron chi connectivity index (χ0n) is 10.8. The van der Waals surface area contributed by atoms with Crippen LogP contribution >= 0.6 is 0 Å². The predicted octanol–water partition coefficient (Wildman–Crippen LogP) is 4.11. The van der Waals surface area contributed by atoms with E-state index in [0.29, 0.717) is 0 Å². The molecule has 0 radical (unpaired) electrons. The molecule has 1 heteroatoms. The SMILES string of the molecule is C1CC2CCC1CC2.NCC1CCCCC1. The third-order valence-corrected chi connectivity index (χ3v) is 5.01. The Balaban J connectivity index is 0.000000120. The summed E-state index contributed by atoms with van der Waals surface area (Å²) in [7, 11) is 0. The second-order valence-electron chi connectivity index (χ2n) is 6.20. The second-order valence-corrected chi connectivity index (χ2v) is 6.20. The fourth-order valence-electron chi connectivity index (χ4n) is 3.70. The zero-order chi connectivity index (χ0) is 11.2. The molecule has 0 aromatic carbocycles. The molecule has 4 fully saturated rings. The van der Waals surface area contributed by atoms with Crippen molar-refractivity contribution in [3.8, 4) is 0 Å². The second kappa shape index (κ2) is 6.64. The van der Waals surface area contributed by atoms with Crippen LogP contribution in [-0.4, -0.2) is 6.54 Å². The normalized spacial score (nSPS) is 34.3. The molecular formula is C15H29N. The van der Waals surface area contributed by atoms with Crippen LogP contribution in [0.25, 0.3) is 0 Å². The molecule has 16 heavy (non-hydrogen) atoms. The molecule has 4 rings (SSSR count). The molecular weight excluding hydrogens is 194 g/mol. The summed E-state index contributed by atoms with van der Waals surface area (Å²) < 4.78 is 0. The van der Waals surface area contributed by atoms with E-state index in [2.05, 4.69) is 0 Å². The number of nitrogens with two attached hydrogens (primary N) is 1. The van der Waals surface area contributed by atoms with E-state index in [1.165, 1.54) is 32.1 Å². The van der Waals surface area contributed by atoms with E-state index >= 15 is 0 Å². The van der Waals surface area contributed by atoms with Crippen molar-refractivity contribution < 1.29 is 0 Å². The van der Waals surface area contributed by atoms with Crippen LogP contribution in [-0.2, 0) is 0 Å². The smallest absolute Gasteiger partial charge is 0.00489 e. The minimum atomic E-state index is 0.865. The fourth-order valence-corrected chi connectivity index (χ4v) is 3.70. The van der Waals surface area contributed by atoms with Gasteiger partial charge in [0, 0.05) is 0 Å². The molecule has 0 aliphatic heterocycles. The molecule has 4 aliphatic carbocycles. The van der Waals surface area contributed by atoms with Crippen molar-refractivity contribution in [1.29, 1.82) is 0 Å². The number of hydrogen-bond donors (Lipinski definition) is 1. The highest BCUT2D eigenvalue weighted by molar-refractivity contribution is 4.79. The van der Waals surface area contributed by atoms with Crippen LogP contribution in [0.15, 0.2) is 0 Å². The van der Waals surface area contributed by atoms with Crippen molar-refractivity contribution in [3.05, 3.63) is 0 Å². The Kier molecular flexibility index (Phi) is 5.15. The van der Waals surface area contributed by atoms with Gasteiger partial charge in [-0.3, -0.25) is 0 Å². The maximum absolute atomic E-state index is 5.50. The molecule has 4 saturated carbocycles. The number of hydrogen-bond acceptors (Lipinski definition) is 1. The molecule has 0 unspecified atom stereocenters. The largest absolute Gasteiger partial charge is 0.330 e. The van der Waals surface area contributed by atoms with E-state index in [4.69, 9.17) is 5.73 Å². The predicted molar refractivity (Wildman–Crippen MR) is 70.3 cm³/mol. The average molecular weight is 223 g/mol. The van der Waals surface area contributed by atoms with E-state index in [1.807, 2.05) is 0 Å². The van der Waals surface area contributed by atoms with Crippen molar-refractivity contribution in [2.45, 2.75) is 70.6 Å². The van der Waals surface area contributed by atoms with E-state index < -0.39 is 0 Å². The minimum absolute atomic E-state index is 0.865. The van der Waals surface area contributed by atoms with Gasteiger partial charge in [-0.25, -0.2) is 0 Å². The van der Waals surface area contributed by atoms with Crippen molar-refractivity contribution in [2.24, 2.45) is 23.5 Å². The summed E-state index contributed by atoms with van der Waals surface area (Å²) in [6.45, 7) is 0.917. The van der Waals surface area contributed by atoms with Gasteiger partial charge in [0.1, 0.15) is 0 Å². The molecule has 0 heterocycles. The van der Waals surface area contributed by atoms with Gasteiger partial charge in [-0.05, 0) is 37.1 Å². The van der Waals surface area contributed by atoms with Crippen LogP contribution in [0, 0.1) is 17.8 Å². The van der Waals surface area contributed by atoms with E-state index in [9.17, 15) is 0 Å². The molecule has 2 bridgehead atoms. The first-order valence-electron chi connectivity index (χ1n) is 7.58. The lowest BCUT2D eigenvalue weighted by molar-refractivity contribution is 0.176. The Morgan fingerprint density at radius 2 is 1.06 bits per heavy atom. The van der Waals surface area contributed by atoms with Crippen molar-refractivity contribution >= 4 is 0 Å². The first-order chi connectivity index (χ1) is 7.88. The van der Waals surface area contributed by atoms with Gasteiger partial charge in [0.2, 0.25) is 0 Å². The summed E-state index contributed by atoms with van der Waals surface area (Å²) >= 11 is 0. The highest BCUT2D eigenvalue weighted by atomic mass is 14.5. The highest BCUT2D eigenvalue weighted by Crippen LogP contribution is 2.40. The molecule has 94 valence electrons. The Hall–Kier alpha value is -0.0400. The average Bonchev–Trinajstić information content (AvgIpc) is 2.43. The summed E-state index contributed by atoms with van der Waals surface area (Å²) in [5.74, 6) is 3.17. The summed E-state index contributed by atoms with van der Waals surface area (Å²) in [5, 5.41) is 0. The Morgan fingerprint density at radius 1 is 0.625 bits per heavy atom. The van der Waals surface area contributed by atoms with Gasteiger partial charge in [-0.15, -0.1) is 0 Å². The molecule has 2 N–H and O–H groups in total. The number of rotatable bonds is 1. The third-order valence-electron chi connectivity index (χ3n) is 5.01. The van der Waals surface area contributed by atoms with Gasteiger partial charge < -0.3 is 5.73 Å². The molecule has 0 aromatic heterocycles. The quantitative estimate of drug-likeness (QED) is 0.711. The summed E-state index contributed by atoms with van der Waals surface area (Å²) in [4.78, 5) is 0. The van der Waals surface area contributed by atoms with Crippen molar-refractivity contribution in [2.75, 3.05) is 6.54 Å². The van der Waals surface area contributed by atoms with E-state index in [-0.39, 0.29) is 0 Å². The van der Waals surface area contributed by atoms with E-state index in [1.54, 1.807) is 38.5 Å².